The summed E-state index contributed by atoms with van der Waals surface area (Å²) in [6.07, 6.45) is 29.1. The molecule has 0 aromatic carbocycles. The van der Waals surface area contributed by atoms with E-state index in [2.05, 4.69) is 24.3 Å². The molecule has 2 aliphatic rings. The molecule has 0 bridgehead atoms. The number of hydrogen-bond donors (Lipinski definition) is 0. The second-order valence-electron chi connectivity index (χ2n) is 6.44. The number of allylic oxidation sites excluding steroid dienone is 6. The first kappa shape index (κ1) is 15.6. The Labute approximate surface area is 126 Å². The van der Waals surface area contributed by atoms with Crippen LogP contribution in [0.25, 0.3) is 0 Å². The average molecular weight is 272 g/mol. The van der Waals surface area contributed by atoms with Gasteiger partial charge in [0.25, 0.3) is 0 Å². The predicted molar refractivity (Wildman–Crippen MR) is 89.9 cm³/mol. The second-order valence-corrected chi connectivity index (χ2v) is 6.44. The van der Waals surface area contributed by atoms with Crippen LogP contribution in [0.4, 0.5) is 0 Å². The molecule has 2 rings (SSSR count). The molecule has 0 fully saturated rings. The predicted octanol–water partition coefficient (Wildman–Crippen LogP) is 6.88. The molecule has 0 N–H and O–H groups in total. The molecule has 0 aromatic heterocycles. The van der Waals surface area contributed by atoms with E-state index >= 15 is 0 Å². The molecule has 0 heteroatoms. The van der Waals surface area contributed by atoms with Crippen molar-refractivity contribution < 1.29 is 0 Å². The van der Waals surface area contributed by atoms with Gasteiger partial charge >= 0.3 is 0 Å². The summed E-state index contributed by atoms with van der Waals surface area (Å²) in [4.78, 5) is 0. The molecule has 0 unspecified atom stereocenters. The van der Waals surface area contributed by atoms with Gasteiger partial charge in [0, 0.05) is 0 Å². The number of hydrogen-bond acceptors (Lipinski definition) is 0. The molecular weight excluding hydrogens is 240 g/mol. The van der Waals surface area contributed by atoms with Crippen molar-refractivity contribution in [3.8, 4) is 0 Å². The van der Waals surface area contributed by atoms with Crippen molar-refractivity contribution in [2.75, 3.05) is 0 Å². The van der Waals surface area contributed by atoms with Crippen molar-refractivity contribution in [3.05, 3.63) is 35.5 Å². The van der Waals surface area contributed by atoms with E-state index in [9.17, 15) is 0 Å². The highest BCUT2D eigenvalue weighted by molar-refractivity contribution is 5.39. The van der Waals surface area contributed by atoms with Gasteiger partial charge in [-0.3, -0.25) is 0 Å². The molecule has 2 aliphatic carbocycles. The minimum absolute atomic E-state index is 1.27. The highest BCUT2D eigenvalue weighted by Crippen LogP contribution is 2.25. The third kappa shape index (κ3) is 6.11. The molecule has 112 valence electrons. The molecule has 0 radical (unpaired) electrons. The lowest BCUT2D eigenvalue weighted by Crippen LogP contribution is -1.93. The highest BCUT2D eigenvalue weighted by Gasteiger charge is 2.05. The minimum atomic E-state index is 1.27. The van der Waals surface area contributed by atoms with Gasteiger partial charge in [-0.25, -0.2) is 0 Å². The van der Waals surface area contributed by atoms with E-state index in [0.29, 0.717) is 0 Å². The summed E-state index contributed by atoms with van der Waals surface area (Å²) in [5.74, 6) is 0. The molecule has 0 atom stereocenters. The van der Waals surface area contributed by atoms with Crippen LogP contribution in [0.3, 0.4) is 0 Å². The Morgan fingerprint density at radius 1 is 0.550 bits per heavy atom. The maximum atomic E-state index is 2.55. The van der Waals surface area contributed by atoms with Gasteiger partial charge in [0.05, 0.1) is 0 Å². The zero-order valence-corrected chi connectivity index (χ0v) is 13.2. The van der Waals surface area contributed by atoms with Gasteiger partial charge in [-0.05, 0) is 62.5 Å². The van der Waals surface area contributed by atoms with Crippen molar-refractivity contribution in [2.24, 2.45) is 0 Å². The Balaban J connectivity index is 2.03. The monoisotopic (exact) mass is 272 g/mol. The van der Waals surface area contributed by atoms with Gasteiger partial charge in [0.1, 0.15) is 0 Å². The fourth-order valence-corrected chi connectivity index (χ4v) is 3.34. The lowest BCUT2D eigenvalue weighted by molar-refractivity contribution is 0.587. The third-order valence-corrected chi connectivity index (χ3v) is 4.65. The van der Waals surface area contributed by atoms with Crippen molar-refractivity contribution in [3.63, 3.8) is 0 Å². The molecule has 0 amide bonds. The van der Waals surface area contributed by atoms with Crippen LogP contribution in [0, 0.1) is 0 Å². The first-order chi connectivity index (χ1) is 9.97. The van der Waals surface area contributed by atoms with Crippen LogP contribution in [0.5, 0.6) is 0 Å². The fraction of sp³-hybridized carbons (Fsp3) is 0.700. The maximum absolute atomic E-state index is 2.55. The third-order valence-electron chi connectivity index (χ3n) is 4.65. The normalized spacial score (nSPS) is 25.2. The summed E-state index contributed by atoms with van der Waals surface area (Å²) < 4.78 is 0. The van der Waals surface area contributed by atoms with Crippen LogP contribution in [0.15, 0.2) is 35.5 Å². The van der Waals surface area contributed by atoms with Gasteiger partial charge in [-0.1, -0.05) is 62.8 Å². The van der Waals surface area contributed by atoms with E-state index < -0.39 is 0 Å². The zero-order valence-electron chi connectivity index (χ0n) is 13.2. The van der Waals surface area contributed by atoms with Crippen LogP contribution in [-0.4, -0.2) is 0 Å². The smallest absolute Gasteiger partial charge is 0.0271 e. The maximum Gasteiger partial charge on any atom is -0.0271 e. The average Bonchev–Trinajstić information content (AvgIpc) is 2.50. The van der Waals surface area contributed by atoms with Gasteiger partial charge in [0.2, 0.25) is 0 Å². The lowest BCUT2D eigenvalue weighted by atomic mass is 9.93. The summed E-state index contributed by atoms with van der Waals surface area (Å²) in [6.45, 7) is 0. The zero-order chi connectivity index (χ0) is 13.9. The summed E-state index contributed by atoms with van der Waals surface area (Å²) in [7, 11) is 0. The highest BCUT2D eigenvalue weighted by atomic mass is 14.1. The quantitative estimate of drug-likeness (QED) is 0.488. The lowest BCUT2D eigenvalue weighted by Gasteiger charge is -2.13. The van der Waals surface area contributed by atoms with E-state index in [-0.39, 0.29) is 0 Å². The Morgan fingerprint density at radius 2 is 1.15 bits per heavy atom. The Kier molecular flexibility index (Phi) is 7.82. The summed E-state index contributed by atoms with van der Waals surface area (Å²) in [5.41, 5.74) is 3.19. The van der Waals surface area contributed by atoms with Crippen LogP contribution >= 0.6 is 0 Å². The standard InChI is InChI=1S/C20H32/c1-3-7-11-15-19(16-12-8-4-1)20-17-13-9-5-2-6-10-14-18-20/h11,15-17H,1-10,12-14,18H2/b15-11+,19-16?,20-17?. The molecule has 0 aliphatic heterocycles. The second kappa shape index (κ2) is 10.0. The molecule has 0 saturated carbocycles. The summed E-state index contributed by atoms with van der Waals surface area (Å²) in [6, 6.07) is 0. The molecule has 0 nitrogen and oxygen atoms in total. The van der Waals surface area contributed by atoms with E-state index in [0.717, 1.165) is 0 Å². The Bertz CT molecular complexity index is 343. The van der Waals surface area contributed by atoms with Crippen molar-refractivity contribution in [2.45, 2.75) is 89.9 Å². The molecular formula is C20H32. The Morgan fingerprint density at radius 3 is 1.95 bits per heavy atom. The van der Waals surface area contributed by atoms with Gasteiger partial charge in [-0.15, -0.1) is 0 Å². The minimum Gasteiger partial charge on any atom is -0.0839 e. The molecule has 0 aromatic rings. The first-order valence-corrected chi connectivity index (χ1v) is 9.03. The number of rotatable bonds is 1. The van der Waals surface area contributed by atoms with Crippen molar-refractivity contribution >= 4 is 0 Å². The summed E-state index contributed by atoms with van der Waals surface area (Å²) in [5, 5.41) is 0. The van der Waals surface area contributed by atoms with Crippen molar-refractivity contribution in [1.82, 2.24) is 0 Å². The van der Waals surface area contributed by atoms with E-state index in [1.807, 2.05) is 0 Å². The van der Waals surface area contributed by atoms with E-state index in [4.69, 9.17) is 0 Å². The summed E-state index contributed by atoms with van der Waals surface area (Å²) >= 11 is 0. The topological polar surface area (TPSA) is 0 Å². The van der Waals surface area contributed by atoms with Crippen LogP contribution in [-0.2, 0) is 0 Å². The molecule has 0 spiro atoms. The van der Waals surface area contributed by atoms with Crippen molar-refractivity contribution in [1.29, 1.82) is 0 Å². The van der Waals surface area contributed by atoms with E-state index in [1.165, 1.54) is 89.9 Å². The van der Waals surface area contributed by atoms with Crippen LogP contribution < -0.4 is 0 Å². The van der Waals surface area contributed by atoms with Gasteiger partial charge in [-0.2, -0.15) is 0 Å². The van der Waals surface area contributed by atoms with Crippen LogP contribution in [0.2, 0.25) is 0 Å². The Hall–Kier alpha value is -0.780. The van der Waals surface area contributed by atoms with E-state index in [1.54, 1.807) is 11.1 Å². The molecule has 20 heavy (non-hydrogen) atoms. The SMILES string of the molecule is C1=C(C2=CCCCCCCCC2)/C=C/CCCCCC1. The van der Waals surface area contributed by atoms with Crippen LogP contribution in [0.1, 0.15) is 89.9 Å². The van der Waals surface area contributed by atoms with Gasteiger partial charge in [0.15, 0.2) is 0 Å². The largest absolute Gasteiger partial charge is 0.0839 e. The molecule has 0 saturated heterocycles. The van der Waals surface area contributed by atoms with Gasteiger partial charge < -0.3 is 0 Å². The molecule has 0 heterocycles. The fourth-order valence-electron chi connectivity index (χ4n) is 3.34. The first-order valence-electron chi connectivity index (χ1n) is 9.03.